The highest BCUT2D eigenvalue weighted by Gasteiger charge is 2.39. The van der Waals surface area contributed by atoms with Crippen molar-refractivity contribution in [2.75, 3.05) is 18.4 Å². The minimum Gasteiger partial charge on any atom is -0.489 e. The van der Waals surface area contributed by atoms with Crippen LogP contribution >= 0.6 is 0 Å². The standard InChI is InChI=1S/C19H28N2O4S/c1-13(2)25-18-8-7-15(26(23,24)21-9-5-4-6-10-21)12-17(18)20-19(22)16-11-14(16)3/h7-8,12-14,16H,4-6,9-11H2,1-3H3,(H,20,22)/t14-,16+/m1/s1. The fraction of sp³-hybridized carbons (Fsp3) is 0.632. The van der Waals surface area contributed by atoms with Crippen LogP contribution in [0.1, 0.15) is 46.5 Å². The van der Waals surface area contributed by atoms with Crippen LogP contribution in [0.25, 0.3) is 0 Å². The Morgan fingerprint density at radius 3 is 2.46 bits per heavy atom. The van der Waals surface area contributed by atoms with Crippen LogP contribution in [0.3, 0.4) is 0 Å². The largest absolute Gasteiger partial charge is 0.489 e. The van der Waals surface area contributed by atoms with Crippen molar-refractivity contribution in [2.24, 2.45) is 11.8 Å². The van der Waals surface area contributed by atoms with Gasteiger partial charge in [0.15, 0.2) is 0 Å². The highest BCUT2D eigenvalue weighted by molar-refractivity contribution is 7.89. The second-order valence-corrected chi connectivity index (χ2v) is 9.54. The van der Waals surface area contributed by atoms with E-state index < -0.39 is 10.0 Å². The third-order valence-electron chi connectivity index (χ3n) is 4.97. The van der Waals surface area contributed by atoms with E-state index in [1.54, 1.807) is 12.1 Å². The first-order valence-corrected chi connectivity index (χ1v) is 10.8. The van der Waals surface area contributed by atoms with Crippen molar-refractivity contribution in [2.45, 2.75) is 57.5 Å². The van der Waals surface area contributed by atoms with Gasteiger partial charge in [-0.3, -0.25) is 4.79 Å². The molecule has 1 saturated heterocycles. The van der Waals surface area contributed by atoms with Crippen LogP contribution in [-0.2, 0) is 14.8 Å². The number of carbonyl (C=O) groups excluding carboxylic acids is 1. The maximum absolute atomic E-state index is 12.9. The summed E-state index contributed by atoms with van der Waals surface area (Å²) in [5.74, 6) is 0.812. The number of rotatable bonds is 6. The molecule has 1 aliphatic heterocycles. The average Bonchev–Trinajstić information content (AvgIpc) is 3.33. The normalized spacial score (nSPS) is 23.7. The van der Waals surface area contributed by atoms with Gasteiger partial charge >= 0.3 is 0 Å². The number of nitrogens with one attached hydrogen (secondary N) is 1. The Bertz CT molecular complexity index is 770. The van der Waals surface area contributed by atoms with Crippen LogP contribution in [0.2, 0.25) is 0 Å². The van der Waals surface area contributed by atoms with E-state index in [-0.39, 0.29) is 22.8 Å². The summed E-state index contributed by atoms with van der Waals surface area (Å²) in [6.07, 6.45) is 3.63. The number of hydrogen-bond donors (Lipinski definition) is 1. The van der Waals surface area contributed by atoms with E-state index in [4.69, 9.17) is 4.74 Å². The van der Waals surface area contributed by atoms with E-state index in [2.05, 4.69) is 5.32 Å². The van der Waals surface area contributed by atoms with Crippen LogP contribution < -0.4 is 10.1 Å². The number of piperidine rings is 1. The summed E-state index contributed by atoms with van der Waals surface area (Å²) >= 11 is 0. The van der Waals surface area contributed by atoms with Crippen molar-refractivity contribution >= 4 is 21.6 Å². The third-order valence-corrected chi connectivity index (χ3v) is 6.87. The predicted octanol–water partition coefficient (Wildman–Crippen LogP) is 3.24. The Balaban J connectivity index is 1.89. The molecule has 0 aromatic heterocycles. The molecule has 0 spiro atoms. The lowest BCUT2D eigenvalue weighted by atomic mass is 10.2. The van der Waals surface area contributed by atoms with Gasteiger partial charge in [-0.25, -0.2) is 8.42 Å². The zero-order chi connectivity index (χ0) is 18.9. The van der Waals surface area contributed by atoms with Crippen molar-refractivity contribution in [3.05, 3.63) is 18.2 Å². The molecule has 1 N–H and O–H groups in total. The van der Waals surface area contributed by atoms with Gasteiger partial charge in [0.05, 0.1) is 16.7 Å². The molecule has 0 bridgehead atoms. The summed E-state index contributed by atoms with van der Waals surface area (Å²) in [4.78, 5) is 12.6. The molecule has 1 amide bonds. The zero-order valence-corrected chi connectivity index (χ0v) is 16.5. The van der Waals surface area contributed by atoms with E-state index >= 15 is 0 Å². The first-order valence-electron chi connectivity index (χ1n) is 9.41. The van der Waals surface area contributed by atoms with Gasteiger partial charge in [-0.1, -0.05) is 13.3 Å². The van der Waals surface area contributed by atoms with Crippen molar-refractivity contribution in [3.8, 4) is 5.75 Å². The maximum atomic E-state index is 12.9. The average molecular weight is 381 g/mol. The monoisotopic (exact) mass is 380 g/mol. The highest BCUT2D eigenvalue weighted by Crippen LogP contribution is 2.39. The highest BCUT2D eigenvalue weighted by atomic mass is 32.2. The van der Waals surface area contributed by atoms with Gasteiger partial charge in [0.2, 0.25) is 15.9 Å². The summed E-state index contributed by atoms with van der Waals surface area (Å²) in [5.41, 5.74) is 0.431. The number of sulfonamides is 1. The number of anilines is 1. The molecule has 2 atom stereocenters. The van der Waals surface area contributed by atoms with Gasteiger partial charge in [0, 0.05) is 19.0 Å². The molecular weight excluding hydrogens is 352 g/mol. The van der Waals surface area contributed by atoms with Crippen LogP contribution in [0.15, 0.2) is 23.1 Å². The van der Waals surface area contributed by atoms with E-state index in [1.807, 2.05) is 20.8 Å². The zero-order valence-electron chi connectivity index (χ0n) is 15.7. The molecule has 2 aliphatic rings. The molecule has 3 rings (SSSR count). The van der Waals surface area contributed by atoms with Crippen molar-refractivity contribution in [1.82, 2.24) is 4.31 Å². The molecule has 1 saturated carbocycles. The Labute approximate surface area is 156 Å². The van der Waals surface area contributed by atoms with Crippen LogP contribution in [0.5, 0.6) is 5.75 Å². The molecule has 1 aromatic carbocycles. The topological polar surface area (TPSA) is 75.7 Å². The fourth-order valence-electron chi connectivity index (χ4n) is 3.29. The van der Waals surface area contributed by atoms with Crippen LogP contribution in [0.4, 0.5) is 5.69 Å². The Hall–Kier alpha value is -1.60. The predicted molar refractivity (Wildman–Crippen MR) is 101 cm³/mol. The SMILES string of the molecule is CC(C)Oc1ccc(S(=O)(=O)N2CCCCC2)cc1NC(=O)[C@H]1C[C@H]1C. The summed E-state index contributed by atoms with van der Waals surface area (Å²) in [6.45, 7) is 6.93. The molecule has 144 valence electrons. The van der Waals surface area contributed by atoms with Gasteiger partial charge < -0.3 is 10.1 Å². The quantitative estimate of drug-likeness (QED) is 0.822. The number of hydrogen-bond acceptors (Lipinski definition) is 4. The molecule has 1 aliphatic carbocycles. The van der Waals surface area contributed by atoms with E-state index in [9.17, 15) is 13.2 Å². The summed E-state index contributed by atoms with van der Waals surface area (Å²) < 4.78 is 33.2. The van der Waals surface area contributed by atoms with E-state index in [1.165, 1.54) is 10.4 Å². The molecule has 1 heterocycles. The Morgan fingerprint density at radius 2 is 1.88 bits per heavy atom. The number of nitrogens with zero attached hydrogens (tertiary/aromatic N) is 1. The Kier molecular flexibility index (Phi) is 5.58. The first kappa shape index (κ1) is 19.2. The van der Waals surface area contributed by atoms with Gasteiger partial charge in [0.25, 0.3) is 0 Å². The minimum atomic E-state index is -3.55. The van der Waals surface area contributed by atoms with Crippen LogP contribution in [0, 0.1) is 11.8 Å². The van der Waals surface area contributed by atoms with Crippen molar-refractivity contribution in [3.63, 3.8) is 0 Å². The van der Waals surface area contributed by atoms with E-state index in [0.717, 1.165) is 25.7 Å². The maximum Gasteiger partial charge on any atom is 0.243 e. The lowest BCUT2D eigenvalue weighted by Gasteiger charge is -2.26. The fourth-order valence-corrected chi connectivity index (χ4v) is 4.83. The lowest BCUT2D eigenvalue weighted by Crippen LogP contribution is -2.35. The number of benzene rings is 1. The molecule has 7 heteroatoms. The molecular formula is C19H28N2O4S. The van der Waals surface area contributed by atoms with Crippen LogP contribution in [-0.4, -0.2) is 37.8 Å². The van der Waals surface area contributed by atoms with Gasteiger partial charge in [-0.05, 0) is 57.2 Å². The molecule has 2 fully saturated rings. The smallest absolute Gasteiger partial charge is 0.243 e. The van der Waals surface area contributed by atoms with Gasteiger partial charge in [-0.2, -0.15) is 4.31 Å². The minimum absolute atomic E-state index is 0.00394. The summed E-state index contributed by atoms with van der Waals surface area (Å²) in [5, 5.41) is 2.88. The van der Waals surface area contributed by atoms with Gasteiger partial charge in [-0.15, -0.1) is 0 Å². The first-order chi connectivity index (χ1) is 12.3. The van der Waals surface area contributed by atoms with E-state index in [0.29, 0.717) is 30.4 Å². The number of carbonyl (C=O) groups is 1. The summed E-state index contributed by atoms with van der Waals surface area (Å²) in [6, 6.07) is 4.74. The lowest BCUT2D eigenvalue weighted by molar-refractivity contribution is -0.117. The number of ether oxygens (including phenoxy) is 1. The molecule has 6 nitrogen and oxygen atoms in total. The molecule has 0 radical (unpaired) electrons. The molecule has 26 heavy (non-hydrogen) atoms. The third kappa shape index (κ3) is 4.20. The second kappa shape index (κ2) is 7.56. The van der Waals surface area contributed by atoms with Gasteiger partial charge in [0.1, 0.15) is 5.75 Å². The summed E-state index contributed by atoms with van der Waals surface area (Å²) in [7, 11) is -3.55. The van der Waals surface area contributed by atoms with Crippen molar-refractivity contribution in [1.29, 1.82) is 0 Å². The molecule has 1 aromatic rings. The Morgan fingerprint density at radius 1 is 1.23 bits per heavy atom. The number of amides is 1. The molecule has 0 unspecified atom stereocenters. The van der Waals surface area contributed by atoms with Crippen molar-refractivity contribution < 1.29 is 17.9 Å². The second-order valence-electron chi connectivity index (χ2n) is 7.60.